The van der Waals surface area contributed by atoms with Gasteiger partial charge in [-0.15, -0.1) is 11.3 Å². The summed E-state index contributed by atoms with van der Waals surface area (Å²) in [5, 5.41) is 4.07. The van der Waals surface area contributed by atoms with Gasteiger partial charge in [0.05, 0.1) is 10.7 Å². The minimum Gasteiger partial charge on any atom is -0.302 e. The number of rotatable bonds is 2. The molecule has 2 heterocycles. The van der Waals surface area contributed by atoms with Crippen molar-refractivity contribution in [2.24, 2.45) is 19.5 Å². The van der Waals surface area contributed by atoms with Crippen molar-refractivity contribution in [3.8, 4) is 0 Å². The average Bonchev–Trinajstić information content (AvgIpc) is 2.89. The van der Waals surface area contributed by atoms with Crippen molar-refractivity contribution >= 4 is 29.3 Å². The van der Waals surface area contributed by atoms with Crippen LogP contribution in [-0.4, -0.2) is 20.1 Å². The number of hydrogen-bond acceptors (Lipinski definition) is 4. The van der Waals surface area contributed by atoms with Gasteiger partial charge in [0, 0.05) is 37.3 Å². The van der Waals surface area contributed by atoms with E-state index in [-0.39, 0.29) is 11.3 Å². The van der Waals surface area contributed by atoms with E-state index in [4.69, 9.17) is 0 Å². The molecule has 0 N–H and O–H groups in total. The maximum absolute atomic E-state index is 12.2. The molecule has 5 nitrogen and oxygen atoms in total. The van der Waals surface area contributed by atoms with Crippen LogP contribution < -0.4 is 14.8 Å². The van der Waals surface area contributed by atoms with Gasteiger partial charge in [-0.05, 0) is 6.08 Å². The Morgan fingerprint density at radius 2 is 2.00 bits per heavy atom. The predicted molar refractivity (Wildman–Crippen MR) is 84.5 cm³/mol. The predicted octanol–water partition coefficient (Wildman–Crippen LogP) is 0.405. The second kappa shape index (κ2) is 5.44. The Bertz CT molecular complexity index is 847. The van der Waals surface area contributed by atoms with E-state index in [2.05, 4.69) is 5.10 Å². The van der Waals surface area contributed by atoms with Crippen molar-refractivity contribution in [3.05, 3.63) is 37.5 Å². The summed E-state index contributed by atoms with van der Waals surface area (Å²) in [6, 6.07) is 0. The highest BCUT2D eigenvalue weighted by Gasteiger charge is 2.19. The van der Waals surface area contributed by atoms with Crippen molar-refractivity contribution in [1.29, 1.82) is 0 Å². The van der Waals surface area contributed by atoms with E-state index in [9.17, 15) is 9.59 Å². The molecule has 0 fully saturated rings. The van der Waals surface area contributed by atoms with Crippen LogP contribution in [0.3, 0.4) is 0 Å². The van der Waals surface area contributed by atoms with E-state index < -0.39 is 5.41 Å². The number of Topliss-reactive ketones (excluding diaryl/α,β-unsaturated/α-hetero) is 1. The smallest absolute Gasteiger partial charge is 0.268 e. The second-order valence-electron chi connectivity index (χ2n) is 6.02. The Hall–Kier alpha value is -1.95. The Kier molecular flexibility index (Phi) is 4.00. The fourth-order valence-corrected chi connectivity index (χ4v) is 2.73. The third-order valence-corrected chi connectivity index (χ3v) is 4.19. The zero-order valence-electron chi connectivity index (χ0n) is 12.9. The Morgan fingerprint density at radius 3 is 2.52 bits per heavy atom. The molecule has 0 unspecified atom stereocenters. The van der Waals surface area contributed by atoms with E-state index in [0.29, 0.717) is 9.20 Å². The summed E-state index contributed by atoms with van der Waals surface area (Å²) in [7, 11) is 3.51. The van der Waals surface area contributed by atoms with Crippen LogP contribution in [0.5, 0.6) is 0 Å². The van der Waals surface area contributed by atoms with Gasteiger partial charge in [0.1, 0.15) is 4.66 Å². The van der Waals surface area contributed by atoms with Crippen molar-refractivity contribution in [2.45, 2.75) is 20.8 Å². The molecule has 0 aromatic carbocycles. The molecule has 0 saturated carbocycles. The van der Waals surface area contributed by atoms with E-state index in [1.165, 1.54) is 15.9 Å². The van der Waals surface area contributed by atoms with Crippen LogP contribution in [-0.2, 0) is 18.9 Å². The SMILES string of the molecule is Cn1cc(C=c2sc(=CC(=O)C(C)(C)C)n(C)c2=O)cn1. The minimum atomic E-state index is -0.451. The molecule has 0 radical (unpaired) electrons. The van der Waals surface area contributed by atoms with Gasteiger partial charge in [0.2, 0.25) is 0 Å². The summed E-state index contributed by atoms with van der Waals surface area (Å²) in [4.78, 5) is 24.3. The molecule has 112 valence electrons. The largest absolute Gasteiger partial charge is 0.302 e. The maximum atomic E-state index is 12.2. The van der Waals surface area contributed by atoms with Gasteiger partial charge in [0.25, 0.3) is 5.56 Å². The highest BCUT2D eigenvalue weighted by molar-refractivity contribution is 7.07. The Balaban J connectivity index is 2.57. The van der Waals surface area contributed by atoms with Crippen LogP contribution in [0.4, 0.5) is 0 Å². The number of aromatic nitrogens is 3. The summed E-state index contributed by atoms with van der Waals surface area (Å²) in [6.07, 6.45) is 6.87. The van der Waals surface area contributed by atoms with Crippen LogP contribution in [0.25, 0.3) is 12.2 Å². The summed E-state index contributed by atoms with van der Waals surface area (Å²) >= 11 is 1.32. The first-order chi connectivity index (χ1) is 9.68. The van der Waals surface area contributed by atoms with Gasteiger partial charge >= 0.3 is 0 Å². The number of carbonyl (C=O) groups excluding carboxylic acids is 1. The lowest BCUT2D eigenvalue weighted by Crippen LogP contribution is -2.29. The number of hydrogen-bond donors (Lipinski definition) is 0. The molecular formula is C15H19N3O2S. The van der Waals surface area contributed by atoms with Crippen molar-refractivity contribution in [1.82, 2.24) is 14.3 Å². The summed E-state index contributed by atoms with van der Waals surface area (Å²) in [6.45, 7) is 5.58. The molecule has 0 amide bonds. The van der Waals surface area contributed by atoms with Gasteiger partial charge in [-0.2, -0.15) is 5.10 Å². The Morgan fingerprint density at radius 1 is 1.33 bits per heavy atom. The lowest BCUT2D eigenvalue weighted by Gasteiger charge is -2.12. The minimum absolute atomic E-state index is 0.00674. The van der Waals surface area contributed by atoms with Crippen LogP contribution >= 0.6 is 11.3 Å². The third kappa shape index (κ3) is 3.39. The summed E-state index contributed by atoms with van der Waals surface area (Å²) < 4.78 is 4.45. The molecule has 0 atom stereocenters. The summed E-state index contributed by atoms with van der Waals surface area (Å²) in [5.41, 5.74) is 0.315. The topological polar surface area (TPSA) is 56.9 Å². The lowest BCUT2D eigenvalue weighted by molar-refractivity contribution is -0.120. The lowest BCUT2D eigenvalue weighted by atomic mass is 9.91. The monoisotopic (exact) mass is 305 g/mol. The standard InChI is InChI=1S/C15H19N3O2S/c1-15(2,3)12(19)7-13-18(5)14(20)11(21-13)6-10-8-16-17(4)9-10/h6-9H,1-5H3. The van der Waals surface area contributed by atoms with Gasteiger partial charge in [-0.25, -0.2) is 0 Å². The molecule has 0 aliphatic carbocycles. The highest BCUT2D eigenvalue weighted by Crippen LogP contribution is 2.14. The molecule has 21 heavy (non-hydrogen) atoms. The molecular weight excluding hydrogens is 286 g/mol. The molecule has 2 aromatic rings. The molecule has 0 saturated heterocycles. The molecule has 0 aliphatic rings. The first-order valence-corrected chi connectivity index (χ1v) is 7.42. The molecule has 6 heteroatoms. The fourth-order valence-electron chi connectivity index (χ4n) is 1.70. The normalized spacial score (nSPS) is 14.0. The summed E-state index contributed by atoms with van der Waals surface area (Å²) in [5.74, 6) is 0.00674. The van der Waals surface area contributed by atoms with Crippen LogP contribution in [0.1, 0.15) is 26.3 Å². The highest BCUT2D eigenvalue weighted by atomic mass is 32.1. The molecule has 0 bridgehead atoms. The second-order valence-corrected chi connectivity index (χ2v) is 7.08. The molecule has 0 spiro atoms. The maximum Gasteiger partial charge on any atom is 0.268 e. The van der Waals surface area contributed by atoms with Gasteiger partial charge in [-0.1, -0.05) is 20.8 Å². The van der Waals surface area contributed by atoms with Crippen LogP contribution in [0.15, 0.2) is 17.2 Å². The number of thiazole rings is 1. The van der Waals surface area contributed by atoms with Crippen molar-refractivity contribution in [2.75, 3.05) is 0 Å². The molecule has 2 aromatic heterocycles. The zero-order valence-corrected chi connectivity index (χ0v) is 13.7. The van der Waals surface area contributed by atoms with Crippen LogP contribution in [0.2, 0.25) is 0 Å². The van der Waals surface area contributed by atoms with Gasteiger partial charge < -0.3 is 4.57 Å². The quantitative estimate of drug-likeness (QED) is 0.807. The molecule has 0 aliphatic heterocycles. The van der Waals surface area contributed by atoms with Gasteiger partial charge in [-0.3, -0.25) is 14.3 Å². The third-order valence-electron chi connectivity index (χ3n) is 3.08. The van der Waals surface area contributed by atoms with Gasteiger partial charge in [0.15, 0.2) is 5.78 Å². The van der Waals surface area contributed by atoms with E-state index in [1.807, 2.05) is 34.0 Å². The Labute approximate surface area is 126 Å². The number of nitrogens with zero attached hydrogens (tertiary/aromatic N) is 3. The number of carbonyl (C=O) groups is 1. The van der Waals surface area contributed by atoms with Crippen molar-refractivity contribution < 1.29 is 4.79 Å². The first-order valence-electron chi connectivity index (χ1n) is 6.61. The number of aryl methyl sites for hydroxylation is 1. The van der Waals surface area contributed by atoms with E-state index >= 15 is 0 Å². The van der Waals surface area contributed by atoms with E-state index in [0.717, 1.165) is 5.56 Å². The zero-order chi connectivity index (χ0) is 15.8. The van der Waals surface area contributed by atoms with E-state index in [1.54, 1.807) is 30.1 Å². The molecule has 2 rings (SSSR count). The fraction of sp³-hybridized carbons (Fsp3) is 0.400. The number of ketones is 1. The van der Waals surface area contributed by atoms with Crippen molar-refractivity contribution in [3.63, 3.8) is 0 Å². The van der Waals surface area contributed by atoms with Crippen LogP contribution in [0, 0.1) is 5.41 Å². The average molecular weight is 305 g/mol. The first kappa shape index (κ1) is 15.4.